The van der Waals surface area contributed by atoms with Crippen LogP contribution in [0.25, 0.3) is 0 Å². The maximum absolute atomic E-state index is 9.68. The molecule has 0 aromatic carbocycles. The predicted octanol–water partition coefficient (Wildman–Crippen LogP) is 2.02. The summed E-state index contributed by atoms with van der Waals surface area (Å²) in [4.78, 5) is 4.25. The van der Waals surface area contributed by atoms with Gasteiger partial charge >= 0.3 is 0 Å². The quantitative estimate of drug-likeness (QED) is 0.712. The summed E-state index contributed by atoms with van der Waals surface area (Å²) in [6.45, 7) is 1.98. The third-order valence-electron chi connectivity index (χ3n) is 2.84. The van der Waals surface area contributed by atoms with Gasteiger partial charge in [-0.05, 0) is 31.4 Å². The van der Waals surface area contributed by atoms with Crippen molar-refractivity contribution in [3.05, 3.63) is 29.6 Å². The largest absolute Gasteiger partial charge is 0.392 e. The van der Waals surface area contributed by atoms with Gasteiger partial charge in [0.15, 0.2) is 0 Å². The van der Waals surface area contributed by atoms with Crippen molar-refractivity contribution in [3.63, 3.8) is 0 Å². The molecule has 70 valence electrons. The Labute approximate surface area is 78.6 Å². The number of rotatable bonds is 1. The number of pyridine rings is 1. The van der Waals surface area contributed by atoms with E-state index in [0.29, 0.717) is 5.92 Å². The standard InChI is InChI=1S/C11H15NO/c1-8-5-6-9(7-12-8)10-3-2-4-11(10)13/h5-7,10-11,13H,2-4H2,1H3/t10-,11+/m0/s1. The predicted molar refractivity (Wildman–Crippen MR) is 51.6 cm³/mol. The van der Waals surface area contributed by atoms with Crippen molar-refractivity contribution in [1.29, 1.82) is 0 Å². The lowest BCUT2D eigenvalue weighted by molar-refractivity contribution is 0.163. The summed E-state index contributed by atoms with van der Waals surface area (Å²) >= 11 is 0. The SMILES string of the molecule is Cc1ccc([C@@H]2CCC[C@H]2O)cn1. The lowest BCUT2D eigenvalue weighted by Gasteiger charge is -2.13. The Morgan fingerprint density at radius 1 is 1.38 bits per heavy atom. The zero-order chi connectivity index (χ0) is 9.26. The summed E-state index contributed by atoms with van der Waals surface area (Å²) in [5, 5.41) is 9.68. The molecule has 0 radical (unpaired) electrons. The van der Waals surface area contributed by atoms with Crippen LogP contribution in [0, 0.1) is 6.92 Å². The van der Waals surface area contributed by atoms with Crippen LogP contribution in [-0.2, 0) is 0 Å². The Hall–Kier alpha value is -0.890. The van der Waals surface area contributed by atoms with E-state index in [1.54, 1.807) is 0 Å². The Kier molecular flexibility index (Phi) is 2.32. The molecule has 1 saturated carbocycles. The molecule has 2 heteroatoms. The minimum Gasteiger partial charge on any atom is -0.392 e. The number of aryl methyl sites for hydroxylation is 1. The molecule has 1 aromatic rings. The number of aliphatic hydroxyl groups excluding tert-OH is 1. The highest BCUT2D eigenvalue weighted by Crippen LogP contribution is 2.33. The molecule has 1 aliphatic carbocycles. The van der Waals surface area contributed by atoms with Crippen molar-refractivity contribution in [2.24, 2.45) is 0 Å². The maximum Gasteiger partial charge on any atom is 0.0609 e. The molecule has 0 spiro atoms. The Morgan fingerprint density at radius 3 is 2.77 bits per heavy atom. The van der Waals surface area contributed by atoms with Gasteiger partial charge in [0.25, 0.3) is 0 Å². The molecule has 0 saturated heterocycles. The number of aliphatic hydroxyl groups is 1. The van der Waals surface area contributed by atoms with E-state index in [4.69, 9.17) is 0 Å². The molecule has 1 aromatic heterocycles. The lowest BCUT2D eigenvalue weighted by atomic mass is 9.97. The van der Waals surface area contributed by atoms with Crippen molar-refractivity contribution >= 4 is 0 Å². The molecule has 1 N–H and O–H groups in total. The van der Waals surface area contributed by atoms with Crippen molar-refractivity contribution in [3.8, 4) is 0 Å². The molecular weight excluding hydrogens is 162 g/mol. The molecule has 2 rings (SSSR count). The van der Waals surface area contributed by atoms with Gasteiger partial charge in [0.1, 0.15) is 0 Å². The van der Waals surface area contributed by atoms with Crippen LogP contribution >= 0.6 is 0 Å². The van der Waals surface area contributed by atoms with Crippen LogP contribution in [-0.4, -0.2) is 16.2 Å². The Balaban J connectivity index is 2.20. The number of hydrogen-bond acceptors (Lipinski definition) is 2. The van der Waals surface area contributed by atoms with Gasteiger partial charge in [-0.25, -0.2) is 0 Å². The molecule has 1 aliphatic rings. The highest BCUT2D eigenvalue weighted by Gasteiger charge is 2.26. The van der Waals surface area contributed by atoms with Gasteiger partial charge in [-0.2, -0.15) is 0 Å². The Bertz CT molecular complexity index is 281. The van der Waals surface area contributed by atoms with Crippen molar-refractivity contribution < 1.29 is 5.11 Å². The average molecular weight is 177 g/mol. The van der Waals surface area contributed by atoms with Crippen LogP contribution in [0.3, 0.4) is 0 Å². The maximum atomic E-state index is 9.68. The van der Waals surface area contributed by atoms with Gasteiger partial charge in [0, 0.05) is 17.8 Å². The average Bonchev–Trinajstić information content (AvgIpc) is 2.53. The van der Waals surface area contributed by atoms with E-state index in [1.165, 1.54) is 5.56 Å². The molecule has 1 heterocycles. The monoisotopic (exact) mass is 177 g/mol. The van der Waals surface area contributed by atoms with Crippen LogP contribution in [0.15, 0.2) is 18.3 Å². The molecule has 2 atom stereocenters. The van der Waals surface area contributed by atoms with Gasteiger partial charge in [-0.15, -0.1) is 0 Å². The first-order valence-corrected chi connectivity index (χ1v) is 4.88. The molecule has 2 nitrogen and oxygen atoms in total. The van der Waals surface area contributed by atoms with E-state index in [-0.39, 0.29) is 6.10 Å². The smallest absolute Gasteiger partial charge is 0.0609 e. The first kappa shape index (κ1) is 8.70. The fraction of sp³-hybridized carbons (Fsp3) is 0.545. The number of nitrogens with zero attached hydrogens (tertiary/aromatic N) is 1. The van der Waals surface area contributed by atoms with Gasteiger partial charge in [0.05, 0.1) is 6.10 Å². The summed E-state index contributed by atoms with van der Waals surface area (Å²) in [5.41, 5.74) is 2.23. The van der Waals surface area contributed by atoms with E-state index in [2.05, 4.69) is 11.1 Å². The summed E-state index contributed by atoms with van der Waals surface area (Å²) < 4.78 is 0. The van der Waals surface area contributed by atoms with Crippen LogP contribution in [0.1, 0.15) is 36.4 Å². The second kappa shape index (κ2) is 3.46. The molecular formula is C11H15NO. The van der Waals surface area contributed by atoms with E-state index < -0.39 is 0 Å². The molecule has 13 heavy (non-hydrogen) atoms. The highest BCUT2D eigenvalue weighted by atomic mass is 16.3. The topological polar surface area (TPSA) is 33.1 Å². The minimum absolute atomic E-state index is 0.149. The fourth-order valence-corrected chi connectivity index (χ4v) is 2.03. The van der Waals surface area contributed by atoms with Crippen molar-refractivity contribution in [1.82, 2.24) is 4.98 Å². The lowest BCUT2D eigenvalue weighted by Crippen LogP contribution is -2.11. The summed E-state index contributed by atoms with van der Waals surface area (Å²) in [6.07, 6.45) is 4.93. The number of hydrogen-bond donors (Lipinski definition) is 1. The number of aromatic nitrogens is 1. The van der Waals surface area contributed by atoms with Crippen molar-refractivity contribution in [2.75, 3.05) is 0 Å². The summed E-state index contributed by atoms with van der Waals surface area (Å²) in [5.74, 6) is 0.327. The van der Waals surface area contributed by atoms with Gasteiger partial charge in [0.2, 0.25) is 0 Å². The van der Waals surface area contributed by atoms with E-state index in [9.17, 15) is 5.11 Å². The van der Waals surface area contributed by atoms with Crippen LogP contribution < -0.4 is 0 Å². The molecule has 0 bridgehead atoms. The van der Waals surface area contributed by atoms with Crippen LogP contribution in [0.5, 0.6) is 0 Å². The Morgan fingerprint density at radius 2 is 2.23 bits per heavy atom. The van der Waals surface area contributed by atoms with Crippen LogP contribution in [0.2, 0.25) is 0 Å². The van der Waals surface area contributed by atoms with Crippen LogP contribution in [0.4, 0.5) is 0 Å². The second-order valence-corrected chi connectivity index (χ2v) is 3.84. The molecule has 1 fully saturated rings. The molecule has 0 aliphatic heterocycles. The normalized spacial score (nSPS) is 27.8. The van der Waals surface area contributed by atoms with E-state index in [1.807, 2.05) is 19.2 Å². The van der Waals surface area contributed by atoms with E-state index >= 15 is 0 Å². The van der Waals surface area contributed by atoms with E-state index in [0.717, 1.165) is 25.0 Å². The zero-order valence-electron chi connectivity index (χ0n) is 7.90. The second-order valence-electron chi connectivity index (χ2n) is 3.84. The fourth-order valence-electron chi connectivity index (χ4n) is 2.03. The third kappa shape index (κ3) is 1.73. The first-order chi connectivity index (χ1) is 6.27. The molecule has 0 amide bonds. The third-order valence-corrected chi connectivity index (χ3v) is 2.84. The summed E-state index contributed by atoms with van der Waals surface area (Å²) in [6, 6.07) is 4.10. The highest BCUT2D eigenvalue weighted by molar-refractivity contribution is 5.20. The zero-order valence-corrected chi connectivity index (χ0v) is 7.90. The van der Waals surface area contributed by atoms with Gasteiger partial charge in [-0.3, -0.25) is 4.98 Å². The molecule has 0 unspecified atom stereocenters. The summed E-state index contributed by atoms with van der Waals surface area (Å²) in [7, 11) is 0. The van der Waals surface area contributed by atoms with Gasteiger partial charge in [-0.1, -0.05) is 12.5 Å². The van der Waals surface area contributed by atoms with Gasteiger partial charge < -0.3 is 5.11 Å². The first-order valence-electron chi connectivity index (χ1n) is 4.88. The van der Waals surface area contributed by atoms with Crippen molar-refractivity contribution in [2.45, 2.75) is 38.2 Å². The minimum atomic E-state index is -0.149.